The lowest BCUT2D eigenvalue weighted by Gasteiger charge is -2.34. The number of hydrogen-bond donors (Lipinski definition) is 0. The smallest absolute Gasteiger partial charge is 0.227 e. The lowest BCUT2D eigenvalue weighted by Crippen LogP contribution is -2.43. The minimum atomic E-state index is 0.110. The van der Waals surface area contributed by atoms with Gasteiger partial charge in [0.15, 0.2) is 0 Å². The van der Waals surface area contributed by atoms with Gasteiger partial charge in [-0.3, -0.25) is 4.79 Å². The van der Waals surface area contributed by atoms with Crippen molar-refractivity contribution < 1.29 is 9.53 Å². The number of aryl methyl sites for hydroxylation is 1. The first kappa shape index (κ1) is 26.5. The van der Waals surface area contributed by atoms with Crippen LogP contribution in [0.15, 0.2) is 36.7 Å². The van der Waals surface area contributed by atoms with Gasteiger partial charge in [-0.1, -0.05) is 19.1 Å². The number of piperidine rings is 2. The maximum Gasteiger partial charge on any atom is 0.227 e. The van der Waals surface area contributed by atoms with E-state index in [-0.39, 0.29) is 12.0 Å². The molecule has 1 aromatic carbocycles. The monoisotopic (exact) mass is 515 g/mol. The van der Waals surface area contributed by atoms with Crippen molar-refractivity contribution in [2.45, 2.75) is 76.7 Å². The highest BCUT2D eigenvalue weighted by atomic mass is 16.5. The van der Waals surface area contributed by atoms with Gasteiger partial charge in [0.25, 0.3) is 0 Å². The van der Waals surface area contributed by atoms with E-state index in [4.69, 9.17) is 11.3 Å². The zero-order valence-corrected chi connectivity index (χ0v) is 22.7. The van der Waals surface area contributed by atoms with Crippen LogP contribution in [0, 0.1) is 18.4 Å². The Labute approximate surface area is 227 Å². The van der Waals surface area contributed by atoms with Gasteiger partial charge in [-0.05, 0) is 80.0 Å². The number of carbonyl (C=O) groups excluding carboxylic acids is 1. The lowest BCUT2D eigenvalue weighted by atomic mass is 9.78. The molecule has 2 aliphatic heterocycles. The van der Waals surface area contributed by atoms with E-state index < -0.39 is 0 Å². The molecule has 0 atom stereocenters. The van der Waals surface area contributed by atoms with E-state index in [1.165, 1.54) is 11.1 Å². The van der Waals surface area contributed by atoms with E-state index in [1.807, 2.05) is 17.3 Å². The average Bonchev–Trinajstić information content (AvgIpc) is 3.00. The number of nitrogens with zero attached hydrogens (tertiary/aromatic N) is 5. The molecule has 0 radical (unpaired) electrons. The van der Waals surface area contributed by atoms with Gasteiger partial charge in [-0.2, -0.15) is 0 Å². The van der Waals surface area contributed by atoms with Gasteiger partial charge < -0.3 is 19.4 Å². The van der Waals surface area contributed by atoms with Crippen LogP contribution in [0.1, 0.15) is 75.3 Å². The fraction of sp³-hybridized carbons (Fsp3) is 0.613. The number of aromatic nitrogens is 2. The largest absolute Gasteiger partial charge is 0.493 e. The second-order valence-corrected chi connectivity index (χ2v) is 11.3. The van der Waals surface area contributed by atoms with Crippen LogP contribution in [-0.4, -0.2) is 59.6 Å². The molecule has 0 bridgehead atoms. The van der Waals surface area contributed by atoms with Crippen molar-refractivity contribution in [2.24, 2.45) is 11.8 Å². The second kappa shape index (κ2) is 12.6. The number of likely N-dealkylation sites (tertiary alicyclic amines) is 1. The number of rotatable bonds is 7. The van der Waals surface area contributed by atoms with E-state index in [9.17, 15) is 4.79 Å². The van der Waals surface area contributed by atoms with Crippen LogP contribution < -0.4 is 9.64 Å². The van der Waals surface area contributed by atoms with E-state index in [1.54, 1.807) is 0 Å². The summed E-state index contributed by atoms with van der Waals surface area (Å²) in [6.07, 6.45) is 12.8. The molecule has 1 aromatic heterocycles. The first-order valence-corrected chi connectivity index (χ1v) is 14.6. The zero-order valence-electron chi connectivity index (χ0n) is 22.7. The summed E-state index contributed by atoms with van der Waals surface area (Å²) in [7, 11) is 0. The van der Waals surface area contributed by atoms with Crippen molar-refractivity contribution in [3.8, 4) is 5.75 Å². The minimum absolute atomic E-state index is 0.110. The zero-order chi connectivity index (χ0) is 26.3. The van der Waals surface area contributed by atoms with Crippen molar-refractivity contribution in [3.63, 3.8) is 0 Å². The van der Waals surface area contributed by atoms with Crippen LogP contribution in [0.25, 0.3) is 4.85 Å². The lowest BCUT2D eigenvalue weighted by molar-refractivity contribution is -0.137. The van der Waals surface area contributed by atoms with Gasteiger partial charge in [-0.15, -0.1) is 0 Å². The Hall–Kier alpha value is -3.14. The van der Waals surface area contributed by atoms with Gasteiger partial charge in [0.2, 0.25) is 17.9 Å². The number of anilines is 1. The molecule has 1 amide bonds. The molecule has 0 N–H and O–H groups in total. The molecule has 3 aliphatic rings. The molecule has 2 aromatic rings. The van der Waals surface area contributed by atoms with Crippen LogP contribution >= 0.6 is 0 Å². The van der Waals surface area contributed by atoms with Crippen molar-refractivity contribution >= 4 is 11.9 Å². The van der Waals surface area contributed by atoms with E-state index in [0.717, 1.165) is 102 Å². The maximum absolute atomic E-state index is 13.0. The number of ether oxygens (including phenoxy) is 1. The van der Waals surface area contributed by atoms with Crippen LogP contribution in [0.4, 0.5) is 5.95 Å². The molecule has 1 saturated carbocycles. The number of benzene rings is 1. The molecule has 7 nitrogen and oxygen atoms in total. The Bertz CT molecular complexity index is 1070. The molecular weight excluding hydrogens is 474 g/mol. The maximum atomic E-state index is 13.0. The molecule has 5 rings (SSSR count). The Kier molecular flexibility index (Phi) is 8.78. The summed E-state index contributed by atoms with van der Waals surface area (Å²) in [5, 5.41) is 0. The van der Waals surface area contributed by atoms with Gasteiger partial charge in [0.05, 0.1) is 6.61 Å². The van der Waals surface area contributed by atoms with Gasteiger partial charge in [0.1, 0.15) is 5.75 Å². The molecule has 0 spiro atoms. The summed E-state index contributed by atoms with van der Waals surface area (Å²) in [5.41, 5.74) is 2.54. The topological polar surface area (TPSA) is 62.9 Å². The van der Waals surface area contributed by atoms with Crippen LogP contribution in [0.2, 0.25) is 0 Å². The predicted octanol–water partition coefficient (Wildman–Crippen LogP) is 5.52. The summed E-state index contributed by atoms with van der Waals surface area (Å²) in [4.78, 5) is 30.0. The third kappa shape index (κ3) is 6.46. The Balaban J connectivity index is 1.02. The highest BCUT2D eigenvalue weighted by Gasteiger charge is 2.33. The van der Waals surface area contributed by atoms with Gasteiger partial charge >= 0.3 is 0 Å². The van der Waals surface area contributed by atoms with Crippen LogP contribution in [-0.2, 0) is 11.2 Å². The van der Waals surface area contributed by atoms with Crippen LogP contribution in [0.5, 0.6) is 5.75 Å². The number of hydrogen-bond acceptors (Lipinski definition) is 5. The molecular formula is C31H41N5O2. The Morgan fingerprint density at radius 3 is 2.21 bits per heavy atom. The fourth-order valence-electron chi connectivity index (χ4n) is 6.19. The second-order valence-electron chi connectivity index (χ2n) is 11.3. The normalized spacial score (nSPS) is 23.2. The van der Waals surface area contributed by atoms with Gasteiger partial charge in [0, 0.05) is 57.3 Å². The van der Waals surface area contributed by atoms with E-state index in [2.05, 4.69) is 50.9 Å². The molecule has 38 heavy (non-hydrogen) atoms. The third-order valence-electron chi connectivity index (χ3n) is 8.87. The van der Waals surface area contributed by atoms with Crippen molar-refractivity contribution in [3.05, 3.63) is 59.2 Å². The summed E-state index contributed by atoms with van der Waals surface area (Å²) < 4.78 is 6.17. The summed E-state index contributed by atoms with van der Waals surface area (Å²) in [6, 6.07) is 8.78. The average molecular weight is 516 g/mol. The Morgan fingerprint density at radius 1 is 0.947 bits per heavy atom. The van der Waals surface area contributed by atoms with Crippen molar-refractivity contribution in [1.82, 2.24) is 14.9 Å². The molecule has 3 heterocycles. The SMILES string of the molecule is [C-]#[N+]C1CCN(C(=O)C2CCC(c3ccc(OCC4CCN(c5ncc(CC)cn5)CC4)cc3)CC2)CC1. The molecule has 3 fully saturated rings. The van der Waals surface area contributed by atoms with Crippen LogP contribution in [0.3, 0.4) is 0 Å². The highest BCUT2D eigenvalue weighted by Crippen LogP contribution is 2.37. The fourth-order valence-corrected chi connectivity index (χ4v) is 6.19. The van der Waals surface area contributed by atoms with E-state index >= 15 is 0 Å². The molecule has 202 valence electrons. The summed E-state index contributed by atoms with van der Waals surface area (Å²) >= 11 is 0. The number of amides is 1. The summed E-state index contributed by atoms with van der Waals surface area (Å²) in [6.45, 7) is 13.5. The van der Waals surface area contributed by atoms with Crippen molar-refractivity contribution in [2.75, 3.05) is 37.7 Å². The van der Waals surface area contributed by atoms with Gasteiger partial charge in [-0.25, -0.2) is 16.5 Å². The molecule has 7 heteroatoms. The summed E-state index contributed by atoms with van der Waals surface area (Å²) in [5.74, 6) is 3.35. The quantitative estimate of drug-likeness (QED) is 0.455. The molecule has 1 aliphatic carbocycles. The molecule has 2 saturated heterocycles. The number of carbonyl (C=O) groups is 1. The standard InChI is InChI=1S/C31H41N5O2/c1-3-23-20-33-31(34-21-23)36-16-12-24(13-17-36)22-38-29-10-8-26(9-11-29)25-4-6-27(7-5-25)30(37)35-18-14-28(32-2)15-19-35/h8-11,20-21,24-25,27-28H,3-7,12-19,22H2,1H3. The first-order chi connectivity index (χ1) is 18.6. The third-order valence-corrected chi connectivity index (χ3v) is 8.87. The Morgan fingerprint density at radius 2 is 1.61 bits per heavy atom. The molecule has 0 unspecified atom stereocenters. The van der Waals surface area contributed by atoms with E-state index in [0.29, 0.717) is 17.7 Å². The first-order valence-electron chi connectivity index (χ1n) is 14.6. The predicted molar refractivity (Wildman–Crippen MR) is 149 cm³/mol. The highest BCUT2D eigenvalue weighted by molar-refractivity contribution is 5.79. The van der Waals surface area contributed by atoms with Crippen molar-refractivity contribution in [1.29, 1.82) is 0 Å². The minimum Gasteiger partial charge on any atom is -0.493 e.